The Bertz CT molecular complexity index is 666. The third-order valence-corrected chi connectivity index (χ3v) is 4.23. The van der Waals surface area contributed by atoms with Gasteiger partial charge in [-0.2, -0.15) is 4.98 Å². The van der Waals surface area contributed by atoms with Crippen molar-refractivity contribution in [3.63, 3.8) is 0 Å². The minimum atomic E-state index is 0.541. The van der Waals surface area contributed by atoms with Crippen LogP contribution in [0.3, 0.4) is 0 Å². The van der Waals surface area contributed by atoms with Crippen LogP contribution in [0.5, 0.6) is 0 Å². The summed E-state index contributed by atoms with van der Waals surface area (Å²) in [5, 5.41) is 7.54. The van der Waals surface area contributed by atoms with Gasteiger partial charge in [0.1, 0.15) is 5.82 Å². The topological polar surface area (TPSA) is 49.8 Å². The van der Waals surface area contributed by atoms with Gasteiger partial charge in [0.25, 0.3) is 0 Å². The molecule has 4 nitrogen and oxygen atoms in total. The lowest BCUT2D eigenvalue weighted by Gasteiger charge is -2.15. The van der Waals surface area contributed by atoms with Crippen LogP contribution >= 0.6 is 11.6 Å². The summed E-state index contributed by atoms with van der Waals surface area (Å²) in [4.78, 5) is 9.06. The van der Waals surface area contributed by atoms with E-state index in [2.05, 4.69) is 20.6 Å². The van der Waals surface area contributed by atoms with Crippen molar-refractivity contribution < 1.29 is 0 Å². The summed E-state index contributed by atoms with van der Waals surface area (Å²) in [5.41, 5.74) is 2.99. The van der Waals surface area contributed by atoms with Gasteiger partial charge in [0.05, 0.1) is 0 Å². The number of benzene rings is 1. The molecule has 0 amide bonds. The molecule has 116 valence electrons. The van der Waals surface area contributed by atoms with E-state index in [0.29, 0.717) is 12.0 Å². The summed E-state index contributed by atoms with van der Waals surface area (Å²) >= 11 is 6.00. The summed E-state index contributed by atoms with van der Waals surface area (Å²) in [5.74, 6) is 1.51. The first-order valence-electron chi connectivity index (χ1n) is 7.75. The quantitative estimate of drug-likeness (QED) is 0.847. The molecule has 2 aromatic rings. The van der Waals surface area contributed by atoms with E-state index in [1.165, 1.54) is 25.7 Å². The molecule has 22 heavy (non-hydrogen) atoms. The molecule has 1 aromatic heterocycles. The van der Waals surface area contributed by atoms with Crippen molar-refractivity contribution in [3.8, 4) is 0 Å². The second-order valence-electron chi connectivity index (χ2n) is 5.93. The molecule has 0 unspecified atom stereocenters. The number of anilines is 3. The maximum Gasteiger partial charge on any atom is 0.229 e. The molecule has 0 bridgehead atoms. The molecule has 3 rings (SSSR count). The van der Waals surface area contributed by atoms with E-state index in [1.807, 2.05) is 38.1 Å². The van der Waals surface area contributed by atoms with E-state index in [-0.39, 0.29) is 0 Å². The van der Waals surface area contributed by atoms with E-state index in [9.17, 15) is 0 Å². The van der Waals surface area contributed by atoms with Gasteiger partial charge in [-0.25, -0.2) is 4.98 Å². The van der Waals surface area contributed by atoms with E-state index in [1.54, 1.807) is 0 Å². The summed E-state index contributed by atoms with van der Waals surface area (Å²) in [6, 6.07) is 8.28. The van der Waals surface area contributed by atoms with Gasteiger partial charge in [0.2, 0.25) is 5.95 Å². The number of hydrogen-bond acceptors (Lipinski definition) is 4. The van der Waals surface area contributed by atoms with Crippen LogP contribution in [0, 0.1) is 13.8 Å². The Kier molecular flexibility index (Phi) is 4.48. The molecule has 1 heterocycles. The van der Waals surface area contributed by atoms with Crippen LogP contribution in [0.2, 0.25) is 5.02 Å². The van der Waals surface area contributed by atoms with E-state index >= 15 is 0 Å². The molecule has 0 radical (unpaired) electrons. The van der Waals surface area contributed by atoms with Crippen LogP contribution in [0.25, 0.3) is 0 Å². The largest absolute Gasteiger partial charge is 0.367 e. The van der Waals surface area contributed by atoms with Crippen LogP contribution in [0.1, 0.15) is 36.9 Å². The molecule has 0 spiro atoms. The number of nitrogens with zero attached hydrogens (tertiary/aromatic N) is 2. The van der Waals surface area contributed by atoms with Crippen LogP contribution in [0.15, 0.2) is 24.3 Å². The Labute approximate surface area is 136 Å². The fourth-order valence-corrected chi connectivity index (χ4v) is 3.09. The maximum absolute atomic E-state index is 6.00. The molecule has 1 aliphatic rings. The zero-order valence-electron chi connectivity index (χ0n) is 13.0. The predicted molar refractivity (Wildman–Crippen MR) is 92.1 cm³/mol. The lowest BCUT2D eigenvalue weighted by molar-refractivity contribution is 0.749. The third kappa shape index (κ3) is 3.69. The van der Waals surface area contributed by atoms with Gasteiger partial charge >= 0.3 is 0 Å². The number of aryl methyl sites for hydroxylation is 2. The molecular weight excluding hydrogens is 296 g/mol. The van der Waals surface area contributed by atoms with E-state index in [0.717, 1.165) is 27.8 Å². The lowest BCUT2D eigenvalue weighted by Crippen LogP contribution is -2.16. The van der Waals surface area contributed by atoms with Crippen molar-refractivity contribution in [1.82, 2.24) is 9.97 Å². The molecule has 5 heteroatoms. The highest BCUT2D eigenvalue weighted by molar-refractivity contribution is 6.30. The van der Waals surface area contributed by atoms with E-state index < -0.39 is 0 Å². The molecule has 1 fully saturated rings. The zero-order chi connectivity index (χ0) is 15.5. The van der Waals surface area contributed by atoms with Crippen molar-refractivity contribution in [3.05, 3.63) is 40.5 Å². The van der Waals surface area contributed by atoms with Crippen LogP contribution < -0.4 is 10.6 Å². The molecule has 1 aromatic carbocycles. The molecule has 0 atom stereocenters. The molecular formula is C17H21ClN4. The number of aromatic nitrogens is 2. The fourth-order valence-electron chi connectivity index (χ4n) is 2.87. The third-order valence-electron chi connectivity index (χ3n) is 4.00. The van der Waals surface area contributed by atoms with Gasteiger partial charge in [0, 0.05) is 28.5 Å². The van der Waals surface area contributed by atoms with Gasteiger partial charge in [-0.1, -0.05) is 24.4 Å². The first-order chi connectivity index (χ1) is 10.6. The van der Waals surface area contributed by atoms with Crippen molar-refractivity contribution in [1.29, 1.82) is 0 Å². The minimum Gasteiger partial charge on any atom is -0.367 e. The number of nitrogens with one attached hydrogen (secondary N) is 2. The monoisotopic (exact) mass is 316 g/mol. The van der Waals surface area contributed by atoms with Crippen molar-refractivity contribution in [2.75, 3.05) is 10.6 Å². The average molecular weight is 317 g/mol. The minimum absolute atomic E-state index is 0.541. The second kappa shape index (κ2) is 6.53. The normalized spacial score (nSPS) is 15.0. The Hall–Kier alpha value is -1.81. The SMILES string of the molecule is Cc1cc(NC2CCCC2)nc(Nc2ccc(Cl)cc2C)n1. The smallest absolute Gasteiger partial charge is 0.229 e. The van der Waals surface area contributed by atoms with Gasteiger partial charge in [0.15, 0.2) is 0 Å². The Morgan fingerprint density at radius 3 is 2.59 bits per heavy atom. The maximum atomic E-state index is 6.00. The first kappa shape index (κ1) is 15.1. The fraction of sp³-hybridized carbons (Fsp3) is 0.412. The number of rotatable bonds is 4. The van der Waals surface area contributed by atoms with Gasteiger partial charge < -0.3 is 10.6 Å². The number of halogens is 1. The van der Waals surface area contributed by atoms with Gasteiger partial charge in [-0.3, -0.25) is 0 Å². The highest BCUT2D eigenvalue weighted by Gasteiger charge is 2.15. The van der Waals surface area contributed by atoms with Crippen molar-refractivity contribution in [2.24, 2.45) is 0 Å². The molecule has 2 N–H and O–H groups in total. The molecule has 0 aliphatic heterocycles. The van der Waals surface area contributed by atoms with Crippen LogP contribution in [-0.2, 0) is 0 Å². The van der Waals surface area contributed by atoms with Crippen molar-refractivity contribution >= 4 is 29.1 Å². The highest BCUT2D eigenvalue weighted by atomic mass is 35.5. The molecule has 1 saturated carbocycles. The van der Waals surface area contributed by atoms with Crippen LogP contribution in [-0.4, -0.2) is 16.0 Å². The van der Waals surface area contributed by atoms with Crippen molar-refractivity contribution in [2.45, 2.75) is 45.6 Å². The lowest BCUT2D eigenvalue weighted by atomic mass is 10.2. The Morgan fingerprint density at radius 2 is 1.86 bits per heavy atom. The molecule has 0 saturated heterocycles. The summed E-state index contributed by atoms with van der Waals surface area (Å²) in [6.07, 6.45) is 5.05. The Balaban J connectivity index is 1.79. The predicted octanol–water partition coefficient (Wildman–Crippen LogP) is 4.84. The average Bonchev–Trinajstić information content (AvgIpc) is 2.94. The highest BCUT2D eigenvalue weighted by Crippen LogP contribution is 2.24. The summed E-state index contributed by atoms with van der Waals surface area (Å²) in [6.45, 7) is 4.00. The van der Waals surface area contributed by atoms with E-state index in [4.69, 9.17) is 11.6 Å². The van der Waals surface area contributed by atoms with Crippen LogP contribution in [0.4, 0.5) is 17.5 Å². The number of hydrogen-bond donors (Lipinski definition) is 2. The van der Waals surface area contributed by atoms with Gasteiger partial charge in [-0.05, 0) is 50.5 Å². The summed E-state index contributed by atoms with van der Waals surface area (Å²) < 4.78 is 0. The summed E-state index contributed by atoms with van der Waals surface area (Å²) in [7, 11) is 0. The zero-order valence-corrected chi connectivity index (χ0v) is 13.7. The molecule has 1 aliphatic carbocycles. The van der Waals surface area contributed by atoms with Gasteiger partial charge in [-0.15, -0.1) is 0 Å². The second-order valence-corrected chi connectivity index (χ2v) is 6.36. The first-order valence-corrected chi connectivity index (χ1v) is 8.13. The standard InChI is InChI=1S/C17H21ClN4/c1-11-9-13(18)7-8-15(11)21-17-19-12(2)10-16(22-17)20-14-5-3-4-6-14/h7-10,14H,3-6H2,1-2H3,(H2,19,20,21,22). The Morgan fingerprint density at radius 1 is 1.09 bits per heavy atom.